The van der Waals surface area contributed by atoms with Crippen molar-refractivity contribution in [2.45, 2.75) is 33.4 Å². The molecule has 2 aromatic rings. The predicted octanol–water partition coefficient (Wildman–Crippen LogP) is 2.78. The van der Waals surface area contributed by atoms with E-state index in [1.54, 1.807) is 12.4 Å². The second-order valence-corrected chi connectivity index (χ2v) is 6.09. The molecule has 0 unspecified atom stereocenters. The molecule has 20 heavy (non-hydrogen) atoms. The van der Waals surface area contributed by atoms with Gasteiger partial charge in [0.25, 0.3) is 0 Å². The van der Waals surface area contributed by atoms with E-state index in [2.05, 4.69) is 50.8 Å². The summed E-state index contributed by atoms with van der Waals surface area (Å²) in [5.74, 6) is 0. The van der Waals surface area contributed by atoms with Crippen molar-refractivity contribution in [3.05, 3.63) is 43.0 Å². The van der Waals surface area contributed by atoms with Gasteiger partial charge in [0.2, 0.25) is 5.43 Å². The number of nitrogens with zero attached hydrogens (tertiary/aromatic N) is 3. The fraction of sp³-hybridized carbons (Fsp3) is 0.385. The van der Waals surface area contributed by atoms with Gasteiger partial charge in [0, 0.05) is 18.9 Å². The average molecular weight is 404 g/mol. The maximum absolute atomic E-state index is 11.6. The zero-order valence-corrected chi connectivity index (χ0v) is 14.5. The zero-order chi connectivity index (χ0) is 14.9. The van der Waals surface area contributed by atoms with Crippen molar-refractivity contribution in [3.63, 3.8) is 0 Å². The van der Waals surface area contributed by atoms with Crippen LogP contribution in [0.15, 0.2) is 26.1 Å². The molecule has 0 aliphatic carbocycles. The Kier molecular flexibility index (Phi) is 4.70. The van der Waals surface area contributed by atoms with Crippen LogP contribution in [0.5, 0.6) is 0 Å². The summed E-state index contributed by atoms with van der Waals surface area (Å²) in [5, 5.41) is 4.56. The van der Waals surface area contributed by atoms with Crippen LogP contribution in [-0.2, 0) is 19.5 Å². The average Bonchev–Trinajstić information content (AvgIpc) is 2.72. The van der Waals surface area contributed by atoms with Gasteiger partial charge in [-0.15, -0.1) is 0 Å². The molecule has 0 radical (unpaired) electrons. The summed E-state index contributed by atoms with van der Waals surface area (Å²) in [4.78, 5) is 11.6. The maximum atomic E-state index is 11.6. The van der Waals surface area contributed by atoms with E-state index in [1.807, 2.05) is 9.25 Å². The number of pyridine rings is 1. The summed E-state index contributed by atoms with van der Waals surface area (Å²) in [6, 6.07) is 0. The highest BCUT2D eigenvalue weighted by atomic mass is 79.9. The molecule has 0 aromatic carbocycles. The van der Waals surface area contributed by atoms with Gasteiger partial charge < -0.3 is 10.3 Å². The lowest BCUT2D eigenvalue weighted by Gasteiger charge is -2.10. The Morgan fingerprint density at radius 3 is 2.55 bits per heavy atom. The number of aryl methyl sites for hydroxylation is 2. The molecule has 0 saturated heterocycles. The van der Waals surface area contributed by atoms with Gasteiger partial charge in [-0.2, -0.15) is 5.10 Å². The van der Waals surface area contributed by atoms with Crippen molar-refractivity contribution in [2.75, 3.05) is 5.73 Å². The molecule has 0 aliphatic rings. The summed E-state index contributed by atoms with van der Waals surface area (Å²) in [6.45, 7) is 5.53. The van der Waals surface area contributed by atoms with Crippen LogP contribution in [0.3, 0.4) is 0 Å². The topological polar surface area (TPSA) is 65.8 Å². The molecule has 0 aliphatic heterocycles. The van der Waals surface area contributed by atoms with E-state index in [0.29, 0.717) is 11.0 Å². The number of aromatic nitrogens is 3. The van der Waals surface area contributed by atoms with Crippen molar-refractivity contribution < 1.29 is 0 Å². The molecule has 0 bridgehead atoms. The zero-order valence-electron chi connectivity index (χ0n) is 11.4. The van der Waals surface area contributed by atoms with Gasteiger partial charge in [-0.1, -0.05) is 6.92 Å². The van der Waals surface area contributed by atoms with Gasteiger partial charge >= 0.3 is 0 Å². The van der Waals surface area contributed by atoms with Crippen molar-refractivity contribution >= 4 is 37.5 Å². The minimum atomic E-state index is -0.182. The predicted molar refractivity (Wildman–Crippen MR) is 86.9 cm³/mol. The Balaban J connectivity index is 2.44. The molecule has 2 aromatic heterocycles. The van der Waals surface area contributed by atoms with E-state index >= 15 is 0 Å². The van der Waals surface area contributed by atoms with Crippen LogP contribution < -0.4 is 11.2 Å². The first-order valence-electron chi connectivity index (χ1n) is 6.37. The van der Waals surface area contributed by atoms with E-state index in [-0.39, 0.29) is 11.1 Å². The third kappa shape index (κ3) is 2.83. The van der Waals surface area contributed by atoms with E-state index in [4.69, 9.17) is 5.73 Å². The molecule has 0 amide bonds. The molecular formula is C13H16Br2N4O. The summed E-state index contributed by atoms with van der Waals surface area (Å²) >= 11 is 6.85. The molecule has 0 fully saturated rings. The number of hydrogen-bond donors (Lipinski definition) is 1. The van der Waals surface area contributed by atoms with Gasteiger partial charge in [0.05, 0.1) is 32.6 Å². The maximum Gasteiger partial charge on any atom is 0.218 e. The van der Waals surface area contributed by atoms with Crippen LogP contribution in [-0.4, -0.2) is 14.3 Å². The molecule has 0 atom stereocenters. The largest absolute Gasteiger partial charge is 0.394 e. The number of nitrogen functional groups attached to an aromatic ring is 1. The monoisotopic (exact) mass is 402 g/mol. The quantitative estimate of drug-likeness (QED) is 0.853. The highest BCUT2D eigenvalue weighted by molar-refractivity contribution is 9.10. The Morgan fingerprint density at radius 1 is 1.30 bits per heavy atom. The van der Waals surface area contributed by atoms with Crippen molar-refractivity contribution in [2.24, 2.45) is 0 Å². The highest BCUT2D eigenvalue weighted by Gasteiger charge is 2.14. The molecule has 5 nitrogen and oxygen atoms in total. The van der Waals surface area contributed by atoms with E-state index in [0.717, 1.165) is 28.8 Å². The molecular weight excluding hydrogens is 388 g/mol. The molecule has 108 valence electrons. The molecule has 0 saturated carbocycles. The van der Waals surface area contributed by atoms with E-state index in [9.17, 15) is 4.79 Å². The fourth-order valence-electron chi connectivity index (χ4n) is 2.05. The first-order chi connectivity index (χ1) is 9.47. The lowest BCUT2D eigenvalue weighted by molar-refractivity contribution is 0.593. The molecule has 2 heterocycles. The van der Waals surface area contributed by atoms with Crippen molar-refractivity contribution in [3.8, 4) is 0 Å². The van der Waals surface area contributed by atoms with Gasteiger partial charge in [-0.3, -0.25) is 9.48 Å². The smallest absolute Gasteiger partial charge is 0.218 e. The second kappa shape index (κ2) is 6.13. The number of anilines is 1. The normalized spacial score (nSPS) is 11.0. The SMILES string of the molecule is CCc1nn(CC)c(Cn2cc(N)c(=O)c(Br)c2)c1Br. The molecule has 2 rings (SSSR count). The second-order valence-electron chi connectivity index (χ2n) is 4.44. The lowest BCUT2D eigenvalue weighted by Crippen LogP contribution is -2.15. The highest BCUT2D eigenvalue weighted by Crippen LogP contribution is 2.23. The molecule has 0 spiro atoms. The van der Waals surface area contributed by atoms with Crippen LogP contribution >= 0.6 is 31.9 Å². The standard InChI is InChI=1S/C13H16Br2N4O/c1-3-10-12(15)11(19(4-2)17-10)7-18-5-8(14)13(20)9(16)6-18/h5-6H,3-4,7,16H2,1-2H3. The van der Waals surface area contributed by atoms with Gasteiger partial charge in [0.15, 0.2) is 0 Å². The van der Waals surface area contributed by atoms with Gasteiger partial charge in [-0.05, 0) is 45.2 Å². The summed E-state index contributed by atoms with van der Waals surface area (Å²) in [6.07, 6.45) is 4.26. The summed E-state index contributed by atoms with van der Waals surface area (Å²) in [5.41, 5.74) is 7.87. The Morgan fingerprint density at radius 2 is 2.00 bits per heavy atom. The third-order valence-corrected chi connectivity index (χ3v) is 4.57. The van der Waals surface area contributed by atoms with Crippen LogP contribution in [0.1, 0.15) is 25.2 Å². The molecule has 2 N–H and O–H groups in total. The summed E-state index contributed by atoms with van der Waals surface area (Å²) < 4.78 is 5.33. The Labute approximate surface area is 134 Å². The first kappa shape index (κ1) is 15.3. The van der Waals surface area contributed by atoms with Crippen molar-refractivity contribution in [1.29, 1.82) is 0 Å². The minimum Gasteiger partial charge on any atom is -0.394 e. The Bertz CT molecular complexity index is 664. The van der Waals surface area contributed by atoms with Crippen LogP contribution in [0.2, 0.25) is 0 Å². The summed E-state index contributed by atoms with van der Waals surface area (Å²) in [7, 11) is 0. The Hall–Kier alpha value is -1.08. The first-order valence-corrected chi connectivity index (χ1v) is 7.95. The van der Waals surface area contributed by atoms with E-state index in [1.165, 1.54) is 0 Å². The lowest BCUT2D eigenvalue weighted by atomic mass is 10.3. The van der Waals surface area contributed by atoms with Gasteiger partial charge in [-0.25, -0.2) is 0 Å². The fourth-order valence-corrected chi connectivity index (χ4v) is 3.23. The number of rotatable bonds is 4. The van der Waals surface area contributed by atoms with Crippen LogP contribution in [0.4, 0.5) is 5.69 Å². The van der Waals surface area contributed by atoms with Gasteiger partial charge in [0.1, 0.15) is 0 Å². The van der Waals surface area contributed by atoms with Crippen molar-refractivity contribution in [1.82, 2.24) is 14.3 Å². The number of halogens is 2. The van der Waals surface area contributed by atoms with E-state index < -0.39 is 0 Å². The minimum absolute atomic E-state index is 0.182. The van der Waals surface area contributed by atoms with Crippen LogP contribution in [0.25, 0.3) is 0 Å². The third-order valence-electron chi connectivity index (χ3n) is 3.09. The van der Waals surface area contributed by atoms with Crippen LogP contribution in [0, 0.1) is 0 Å². The number of hydrogen-bond acceptors (Lipinski definition) is 3. The molecule has 7 heteroatoms. The number of nitrogens with two attached hydrogens (primary N) is 1.